The number of benzene rings is 2. The van der Waals surface area contributed by atoms with Crippen LogP contribution in [0, 0.1) is 0 Å². The van der Waals surface area contributed by atoms with Gasteiger partial charge < -0.3 is 10.2 Å². The van der Waals surface area contributed by atoms with Gasteiger partial charge in [-0.1, -0.05) is 12.6 Å². The predicted octanol–water partition coefficient (Wildman–Crippen LogP) is 2.95. The summed E-state index contributed by atoms with van der Waals surface area (Å²) in [6.45, 7) is 10.3. The van der Waals surface area contributed by atoms with Crippen molar-refractivity contribution < 1.29 is 0 Å². The summed E-state index contributed by atoms with van der Waals surface area (Å²) >= 11 is 0. The van der Waals surface area contributed by atoms with Crippen LogP contribution in [0.2, 0.25) is 0 Å². The molecule has 3 rings (SSSR count). The van der Waals surface area contributed by atoms with E-state index in [0.717, 1.165) is 40.7 Å². The fourth-order valence-electron chi connectivity index (χ4n) is 2.56. The molecule has 20 heavy (non-hydrogen) atoms. The second-order valence-corrected chi connectivity index (χ2v) is 4.96. The second kappa shape index (κ2) is 5.00. The Kier molecular flexibility index (Phi) is 3.18. The highest BCUT2D eigenvalue weighted by Gasteiger charge is 2.12. The van der Waals surface area contributed by atoms with Crippen LogP contribution >= 0.6 is 0 Å². The highest BCUT2D eigenvalue weighted by molar-refractivity contribution is 5.78. The van der Waals surface area contributed by atoms with Crippen molar-refractivity contribution in [1.82, 2.24) is 0 Å². The summed E-state index contributed by atoms with van der Waals surface area (Å²) in [4.78, 5) is 7.02. The van der Waals surface area contributed by atoms with E-state index >= 15 is 0 Å². The van der Waals surface area contributed by atoms with Crippen molar-refractivity contribution in [3.8, 4) is 0 Å². The zero-order valence-electron chi connectivity index (χ0n) is 12.0. The third-order valence-electron chi connectivity index (χ3n) is 3.68. The van der Waals surface area contributed by atoms with Gasteiger partial charge >= 0.3 is 0 Å². The molecule has 0 saturated heterocycles. The largest absolute Gasteiger partial charge is 0.372 e. The molecular formula is C17H19N3. The summed E-state index contributed by atoms with van der Waals surface area (Å²) in [5, 5.41) is 5.43. The summed E-state index contributed by atoms with van der Waals surface area (Å²) in [7, 11) is 0. The van der Waals surface area contributed by atoms with Crippen LogP contribution in [0.3, 0.4) is 0 Å². The summed E-state index contributed by atoms with van der Waals surface area (Å²) in [6, 6.07) is 12.4. The molecule has 0 radical (unpaired) electrons. The van der Waals surface area contributed by atoms with Gasteiger partial charge in [-0.3, -0.25) is 0 Å². The molecule has 0 bridgehead atoms. The molecule has 3 nitrogen and oxygen atoms in total. The molecule has 0 aliphatic carbocycles. The Morgan fingerprint density at radius 2 is 1.85 bits per heavy atom. The van der Waals surface area contributed by atoms with Crippen molar-refractivity contribution in [2.24, 2.45) is 4.99 Å². The number of hydrogen-bond acceptors (Lipinski definition) is 3. The number of hydrogen-bond donors (Lipinski definition) is 1. The fraction of sp³-hybridized carbons (Fsp3) is 0.235. The van der Waals surface area contributed by atoms with Gasteiger partial charge in [0.15, 0.2) is 0 Å². The quantitative estimate of drug-likeness (QED) is 0.788. The summed E-state index contributed by atoms with van der Waals surface area (Å²) in [5.74, 6) is 0. The van der Waals surface area contributed by atoms with E-state index in [2.05, 4.69) is 48.8 Å². The first kappa shape index (κ1) is 12.7. The van der Waals surface area contributed by atoms with Gasteiger partial charge in [0.2, 0.25) is 0 Å². The van der Waals surface area contributed by atoms with Gasteiger partial charge in [0.1, 0.15) is 0 Å². The number of anilines is 3. The normalized spacial score (nSPS) is 11.9. The van der Waals surface area contributed by atoms with Crippen molar-refractivity contribution in [2.45, 2.75) is 13.8 Å². The highest BCUT2D eigenvalue weighted by Crippen LogP contribution is 2.33. The molecular weight excluding hydrogens is 246 g/mol. The average molecular weight is 265 g/mol. The van der Waals surface area contributed by atoms with E-state index in [1.807, 2.05) is 18.2 Å². The number of nitrogens with zero attached hydrogens (tertiary/aromatic N) is 2. The first-order valence-corrected chi connectivity index (χ1v) is 7.05. The van der Waals surface area contributed by atoms with Crippen molar-refractivity contribution in [3.63, 3.8) is 0 Å². The smallest absolute Gasteiger partial charge is 0.0874 e. The Bertz CT molecular complexity index is 745. The Labute approximate surface area is 119 Å². The molecule has 0 aromatic heterocycles. The maximum atomic E-state index is 4.69. The Morgan fingerprint density at radius 3 is 2.60 bits per heavy atom. The van der Waals surface area contributed by atoms with E-state index < -0.39 is 0 Å². The molecule has 2 aromatic rings. The first-order chi connectivity index (χ1) is 9.71. The lowest BCUT2D eigenvalue weighted by molar-refractivity contribution is 0.866. The van der Waals surface area contributed by atoms with Crippen LogP contribution < -0.4 is 20.8 Å². The molecule has 0 amide bonds. The van der Waals surface area contributed by atoms with Gasteiger partial charge in [-0.05, 0) is 49.4 Å². The van der Waals surface area contributed by atoms with Gasteiger partial charge in [-0.2, -0.15) is 0 Å². The van der Waals surface area contributed by atoms with E-state index in [0.29, 0.717) is 0 Å². The van der Waals surface area contributed by atoms with E-state index in [1.165, 1.54) is 5.69 Å². The Morgan fingerprint density at radius 1 is 1.05 bits per heavy atom. The zero-order valence-corrected chi connectivity index (χ0v) is 12.0. The molecule has 3 heteroatoms. The first-order valence-electron chi connectivity index (χ1n) is 7.05. The molecule has 0 atom stereocenters. The highest BCUT2D eigenvalue weighted by atomic mass is 15.1. The summed E-state index contributed by atoms with van der Waals surface area (Å²) in [6.07, 6.45) is 0. The molecule has 0 spiro atoms. The third kappa shape index (κ3) is 2.16. The minimum Gasteiger partial charge on any atom is -0.372 e. The van der Waals surface area contributed by atoms with Crippen LogP contribution in [0.4, 0.5) is 22.7 Å². The van der Waals surface area contributed by atoms with Gasteiger partial charge in [-0.15, -0.1) is 0 Å². The molecule has 1 aliphatic rings. The van der Waals surface area contributed by atoms with Gasteiger partial charge in [0.25, 0.3) is 0 Å². The lowest BCUT2D eigenvalue weighted by Gasteiger charge is -2.23. The summed E-state index contributed by atoms with van der Waals surface area (Å²) in [5.41, 5.74) is 4.31. The van der Waals surface area contributed by atoms with Crippen LogP contribution in [-0.4, -0.2) is 13.1 Å². The monoisotopic (exact) mass is 265 g/mol. The second-order valence-electron chi connectivity index (χ2n) is 4.96. The van der Waals surface area contributed by atoms with Crippen LogP contribution in [0.1, 0.15) is 13.8 Å². The van der Waals surface area contributed by atoms with E-state index in [9.17, 15) is 0 Å². The van der Waals surface area contributed by atoms with Crippen molar-refractivity contribution in [1.29, 1.82) is 0 Å². The molecule has 1 N–H and O–H groups in total. The fourth-order valence-corrected chi connectivity index (χ4v) is 2.56. The maximum Gasteiger partial charge on any atom is 0.0874 e. The van der Waals surface area contributed by atoms with Crippen LogP contribution in [0.25, 0.3) is 6.58 Å². The lowest BCUT2D eigenvalue weighted by atomic mass is 10.1. The Balaban J connectivity index is 2.08. The molecule has 102 valence electrons. The Hall–Kier alpha value is -2.29. The van der Waals surface area contributed by atoms with Crippen molar-refractivity contribution in [2.75, 3.05) is 23.3 Å². The minimum absolute atomic E-state index is 0.973. The minimum atomic E-state index is 0.973. The number of nitrogens with one attached hydrogen (secondary N) is 1. The molecule has 1 aliphatic heterocycles. The topological polar surface area (TPSA) is 27.6 Å². The molecule has 0 fully saturated rings. The SMILES string of the molecule is C=c1ccc2c(c1)Nc1cc(N(CC)CC)ccc1N=2. The van der Waals surface area contributed by atoms with Gasteiger partial charge in [0.05, 0.1) is 22.4 Å². The predicted molar refractivity (Wildman–Crippen MR) is 85.7 cm³/mol. The zero-order chi connectivity index (χ0) is 14.1. The van der Waals surface area contributed by atoms with Gasteiger partial charge in [-0.25, -0.2) is 4.99 Å². The average Bonchev–Trinajstić information content (AvgIpc) is 2.46. The molecule has 0 saturated carbocycles. The van der Waals surface area contributed by atoms with Crippen LogP contribution in [0.15, 0.2) is 41.4 Å². The standard InChI is InChI=1S/C17H19N3/c1-4-20(5-2)13-7-9-15-17(11-13)19-16-10-12(3)6-8-14(16)18-15/h6-11,19H,3-5H2,1-2H3. The molecule has 1 heterocycles. The van der Waals surface area contributed by atoms with Crippen molar-refractivity contribution in [3.05, 3.63) is 47.0 Å². The van der Waals surface area contributed by atoms with Crippen LogP contribution in [-0.2, 0) is 0 Å². The van der Waals surface area contributed by atoms with E-state index in [-0.39, 0.29) is 0 Å². The van der Waals surface area contributed by atoms with Crippen molar-refractivity contribution >= 4 is 29.3 Å². The van der Waals surface area contributed by atoms with E-state index in [1.54, 1.807) is 0 Å². The molecule has 2 aromatic carbocycles. The third-order valence-corrected chi connectivity index (χ3v) is 3.68. The lowest BCUT2D eigenvalue weighted by Crippen LogP contribution is -2.22. The maximum absolute atomic E-state index is 4.69. The molecule has 0 unspecified atom stereocenters. The van der Waals surface area contributed by atoms with E-state index in [4.69, 9.17) is 4.99 Å². The van der Waals surface area contributed by atoms with Gasteiger partial charge in [0, 0.05) is 18.8 Å². The summed E-state index contributed by atoms with van der Waals surface area (Å²) < 4.78 is 0. The van der Waals surface area contributed by atoms with Crippen LogP contribution in [0.5, 0.6) is 0 Å². The number of rotatable bonds is 3. The number of fused-ring (bicyclic) bond motifs is 2.